The van der Waals surface area contributed by atoms with E-state index in [1.54, 1.807) is 29.6 Å². The summed E-state index contributed by atoms with van der Waals surface area (Å²) in [5, 5.41) is 10.5. The lowest BCUT2D eigenvalue weighted by Crippen LogP contribution is -1.90. The molecular formula is C12H9FO2S2. The largest absolute Gasteiger partial charge is 0.477 e. The van der Waals surface area contributed by atoms with Crippen molar-refractivity contribution in [2.75, 3.05) is 0 Å². The highest BCUT2D eigenvalue weighted by atomic mass is 32.2. The maximum atomic E-state index is 13.3. The smallest absolute Gasteiger partial charge is 0.345 e. The van der Waals surface area contributed by atoms with Gasteiger partial charge in [-0.15, -0.1) is 23.1 Å². The number of aromatic carboxylic acids is 1. The number of carboxylic acid groups (broad SMARTS) is 1. The number of benzene rings is 1. The van der Waals surface area contributed by atoms with Crippen molar-refractivity contribution >= 4 is 29.1 Å². The topological polar surface area (TPSA) is 37.3 Å². The molecule has 2 aromatic rings. The molecule has 88 valence electrons. The van der Waals surface area contributed by atoms with Gasteiger partial charge in [0.15, 0.2) is 0 Å². The molecule has 0 amide bonds. The molecule has 0 saturated carbocycles. The second-order valence-corrected chi connectivity index (χ2v) is 5.29. The highest BCUT2D eigenvalue weighted by molar-refractivity contribution is 7.98. The van der Waals surface area contributed by atoms with Crippen molar-refractivity contribution < 1.29 is 14.3 Å². The average Bonchev–Trinajstić information content (AvgIpc) is 2.77. The van der Waals surface area contributed by atoms with Gasteiger partial charge in [-0.2, -0.15) is 0 Å². The molecule has 2 rings (SSSR count). The van der Waals surface area contributed by atoms with Gasteiger partial charge in [0.2, 0.25) is 0 Å². The number of hydrogen-bond acceptors (Lipinski definition) is 3. The Kier molecular flexibility index (Phi) is 3.81. The summed E-state index contributed by atoms with van der Waals surface area (Å²) in [6.07, 6.45) is 0. The highest BCUT2D eigenvalue weighted by Crippen LogP contribution is 2.28. The van der Waals surface area contributed by atoms with E-state index in [0.717, 1.165) is 4.90 Å². The molecule has 5 heteroatoms. The molecule has 0 radical (unpaired) electrons. The zero-order valence-electron chi connectivity index (χ0n) is 8.72. The molecule has 1 N–H and O–H groups in total. The quantitative estimate of drug-likeness (QED) is 0.855. The minimum Gasteiger partial charge on any atom is -0.477 e. The lowest BCUT2D eigenvalue weighted by Gasteiger charge is -2.00. The summed E-state index contributed by atoms with van der Waals surface area (Å²) >= 11 is 2.62. The van der Waals surface area contributed by atoms with Crippen LogP contribution in [-0.4, -0.2) is 11.1 Å². The Morgan fingerprint density at radius 1 is 1.41 bits per heavy atom. The molecule has 1 aromatic carbocycles. The number of carbonyl (C=O) groups is 1. The van der Waals surface area contributed by atoms with Gasteiger partial charge in [0.25, 0.3) is 0 Å². The Morgan fingerprint density at radius 3 is 2.82 bits per heavy atom. The van der Waals surface area contributed by atoms with Gasteiger partial charge < -0.3 is 5.11 Å². The van der Waals surface area contributed by atoms with Gasteiger partial charge in [-0.25, -0.2) is 9.18 Å². The van der Waals surface area contributed by atoms with Gasteiger partial charge in [-0.3, -0.25) is 0 Å². The van der Waals surface area contributed by atoms with Crippen LogP contribution in [0, 0.1) is 5.82 Å². The molecular weight excluding hydrogens is 259 g/mol. The fourth-order valence-electron chi connectivity index (χ4n) is 1.28. The summed E-state index contributed by atoms with van der Waals surface area (Å²) in [5.41, 5.74) is 0.626. The molecule has 0 fully saturated rings. The zero-order valence-corrected chi connectivity index (χ0v) is 10.4. The predicted molar refractivity (Wildman–Crippen MR) is 67.2 cm³/mol. The number of carboxylic acids is 1. The van der Waals surface area contributed by atoms with Crippen LogP contribution in [-0.2, 0) is 5.75 Å². The monoisotopic (exact) mass is 268 g/mol. The lowest BCUT2D eigenvalue weighted by atomic mass is 10.2. The van der Waals surface area contributed by atoms with Crippen molar-refractivity contribution in [2.45, 2.75) is 10.6 Å². The Bertz CT molecular complexity index is 537. The number of halogens is 1. The second-order valence-electron chi connectivity index (χ2n) is 3.33. The van der Waals surface area contributed by atoms with Crippen LogP contribution >= 0.6 is 23.1 Å². The fraction of sp³-hybridized carbons (Fsp3) is 0.0833. The van der Waals surface area contributed by atoms with E-state index >= 15 is 0 Å². The Morgan fingerprint density at radius 2 is 2.18 bits per heavy atom. The summed E-state index contributed by atoms with van der Waals surface area (Å²) in [6.45, 7) is 0. The van der Waals surface area contributed by atoms with E-state index in [4.69, 9.17) is 5.11 Å². The van der Waals surface area contributed by atoms with Crippen LogP contribution in [0.2, 0.25) is 0 Å². The average molecular weight is 268 g/mol. The van der Waals surface area contributed by atoms with Crippen molar-refractivity contribution in [2.24, 2.45) is 0 Å². The first kappa shape index (κ1) is 12.1. The van der Waals surface area contributed by atoms with Gasteiger partial charge >= 0.3 is 5.97 Å². The summed E-state index contributed by atoms with van der Waals surface area (Å²) in [4.78, 5) is 11.8. The first-order valence-corrected chi connectivity index (χ1v) is 6.71. The SMILES string of the molecule is O=C(O)c1cc(SCc2ccccc2F)cs1. The van der Waals surface area contributed by atoms with E-state index in [9.17, 15) is 9.18 Å². The van der Waals surface area contributed by atoms with Crippen LogP contribution in [0.5, 0.6) is 0 Å². The molecule has 0 unspecified atom stereocenters. The van der Waals surface area contributed by atoms with Gasteiger partial charge in [0.1, 0.15) is 10.7 Å². The third-order valence-electron chi connectivity index (χ3n) is 2.14. The number of rotatable bonds is 4. The number of hydrogen-bond donors (Lipinski definition) is 1. The molecule has 0 aliphatic rings. The van der Waals surface area contributed by atoms with E-state index in [1.165, 1.54) is 29.2 Å². The highest BCUT2D eigenvalue weighted by Gasteiger charge is 2.08. The van der Waals surface area contributed by atoms with Crippen LogP contribution in [0.1, 0.15) is 15.2 Å². The minimum absolute atomic E-state index is 0.228. The number of thiophene rings is 1. The maximum Gasteiger partial charge on any atom is 0.345 e. The summed E-state index contributed by atoms with van der Waals surface area (Å²) in [5.74, 6) is -0.649. The molecule has 0 spiro atoms. The third-order valence-corrected chi connectivity index (χ3v) is 4.23. The Hall–Kier alpha value is -1.33. The van der Waals surface area contributed by atoms with E-state index in [-0.39, 0.29) is 5.82 Å². The zero-order chi connectivity index (χ0) is 12.3. The summed E-state index contributed by atoms with van der Waals surface area (Å²) in [7, 11) is 0. The minimum atomic E-state index is -0.923. The Balaban J connectivity index is 2.02. The van der Waals surface area contributed by atoms with Crippen LogP contribution < -0.4 is 0 Å². The molecule has 0 saturated heterocycles. The normalized spacial score (nSPS) is 10.4. The van der Waals surface area contributed by atoms with Crippen molar-refractivity contribution in [1.82, 2.24) is 0 Å². The van der Waals surface area contributed by atoms with Crippen molar-refractivity contribution in [3.8, 4) is 0 Å². The fourth-order valence-corrected chi connectivity index (χ4v) is 3.14. The molecule has 1 aromatic heterocycles. The standard InChI is InChI=1S/C12H9FO2S2/c13-10-4-2-1-3-8(10)6-16-9-5-11(12(14)15)17-7-9/h1-5,7H,6H2,(H,14,15). The summed E-state index contributed by atoms with van der Waals surface area (Å²) < 4.78 is 13.3. The molecule has 0 aliphatic carbocycles. The molecule has 1 heterocycles. The van der Waals surface area contributed by atoms with Crippen LogP contribution in [0.3, 0.4) is 0 Å². The van der Waals surface area contributed by atoms with Gasteiger partial charge in [-0.1, -0.05) is 18.2 Å². The second kappa shape index (κ2) is 5.33. The van der Waals surface area contributed by atoms with E-state index in [0.29, 0.717) is 16.2 Å². The van der Waals surface area contributed by atoms with Crippen molar-refractivity contribution in [1.29, 1.82) is 0 Å². The lowest BCUT2D eigenvalue weighted by molar-refractivity contribution is 0.0702. The number of thioether (sulfide) groups is 1. The molecule has 2 nitrogen and oxygen atoms in total. The molecule has 0 atom stereocenters. The molecule has 17 heavy (non-hydrogen) atoms. The van der Waals surface area contributed by atoms with Gasteiger partial charge in [0.05, 0.1) is 0 Å². The van der Waals surface area contributed by atoms with E-state index in [1.807, 2.05) is 0 Å². The van der Waals surface area contributed by atoms with E-state index < -0.39 is 5.97 Å². The van der Waals surface area contributed by atoms with Gasteiger partial charge in [0, 0.05) is 16.0 Å². The van der Waals surface area contributed by atoms with Crippen molar-refractivity contribution in [3.63, 3.8) is 0 Å². The molecule has 0 aliphatic heterocycles. The maximum absolute atomic E-state index is 13.3. The molecule has 0 bridgehead atoms. The van der Waals surface area contributed by atoms with E-state index in [2.05, 4.69) is 0 Å². The third kappa shape index (κ3) is 3.08. The van der Waals surface area contributed by atoms with Gasteiger partial charge in [-0.05, 0) is 17.7 Å². The van der Waals surface area contributed by atoms with Crippen LogP contribution in [0.25, 0.3) is 0 Å². The van der Waals surface area contributed by atoms with Crippen LogP contribution in [0.15, 0.2) is 40.6 Å². The van der Waals surface area contributed by atoms with Crippen LogP contribution in [0.4, 0.5) is 4.39 Å². The summed E-state index contributed by atoms with van der Waals surface area (Å²) in [6, 6.07) is 8.20. The predicted octanol–water partition coefficient (Wildman–Crippen LogP) is 3.88. The first-order chi connectivity index (χ1) is 8.16. The van der Waals surface area contributed by atoms with Crippen molar-refractivity contribution in [3.05, 3.63) is 52.0 Å². The Labute approximate surface area is 106 Å². The first-order valence-electron chi connectivity index (χ1n) is 4.85.